The van der Waals surface area contributed by atoms with Crippen LogP contribution in [0.25, 0.3) is 10.9 Å². The maximum Gasteiger partial charge on any atom is 0.224 e. The second-order valence-electron chi connectivity index (χ2n) is 5.15. The normalized spacial score (nSPS) is 10.6. The van der Waals surface area contributed by atoms with E-state index in [1.807, 2.05) is 43.3 Å². The molecule has 0 fully saturated rings. The predicted molar refractivity (Wildman–Crippen MR) is 90.6 cm³/mol. The first-order valence-electron chi connectivity index (χ1n) is 7.46. The van der Waals surface area contributed by atoms with Gasteiger partial charge in [-0.15, -0.1) is 0 Å². The number of rotatable bonds is 5. The molecular weight excluding hydrogens is 274 g/mol. The highest BCUT2D eigenvalue weighted by Crippen LogP contribution is 2.24. The molecule has 0 aliphatic carbocycles. The maximum atomic E-state index is 4.51. The summed E-state index contributed by atoms with van der Waals surface area (Å²) in [4.78, 5) is 13.4. The molecule has 0 aliphatic rings. The van der Waals surface area contributed by atoms with Crippen molar-refractivity contribution in [2.45, 2.75) is 20.3 Å². The van der Waals surface area contributed by atoms with Crippen molar-refractivity contribution in [2.24, 2.45) is 0 Å². The summed E-state index contributed by atoms with van der Waals surface area (Å²) < 4.78 is 0. The Hall–Kier alpha value is -2.69. The fourth-order valence-electron chi connectivity index (χ4n) is 2.29. The van der Waals surface area contributed by atoms with Crippen LogP contribution in [0.15, 0.2) is 42.6 Å². The van der Waals surface area contributed by atoms with E-state index < -0.39 is 0 Å². The molecule has 112 valence electrons. The van der Waals surface area contributed by atoms with Gasteiger partial charge in [0, 0.05) is 29.9 Å². The summed E-state index contributed by atoms with van der Waals surface area (Å²) in [6.45, 7) is 4.94. The Morgan fingerprint density at radius 1 is 1.09 bits per heavy atom. The first-order chi connectivity index (χ1) is 10.8. The van der Waals surface area contributed by atoms with Crippen LogP contribution in [0, 0.1) is 6.92 Å². The van der Waals surface area contributed by atoms with Gasteiger partial charge in [0.15, 0.2) is 0 Å². The topological polar surface area (TPSA) is 62.7 Å². The quantitative estimate of drug-likeness (QED) is 0.747. The molecule has 3 aromatic rings. The molecule has 0 amide bonds. The van der Waals surface area contributed by atoms with Crippen molar-refractivity contribution in [3.8, 4) is 0 Å². The Morgan fingerprint density at radius 2 is 1.95 bits per heavy atom. The minimum absolute atomic E-state index is 0.651. The highest BCUT2D eigenvalue weighted by molar-refractivity contribution is 5.91. The number of fused-ring (bicyclic) bond motifs is 1. The molecule has 0 radical (unpaired) electrons. The molecule has 0 unspecified atom stereocenters. The Bertz CT molecular complexity index is 780. The van der Waals surface area contributed by atoms with Gasteiger partial charge < -0.3 is 10.6 Å². The van der Waals surface area contributed by atoms with E-state index in [0.717, 1.165) is 41.1 Å². The number of nitrogens with zero attached hydrogens (tertiary/aromatic N) is 3. The van der Waals surface area contributed by atoms with Crippen LogP contribution in [-0.4, -0.2) is 21.5 Å². The van der Waals surface area contributed by atoms with Crippen LogP contribution in [-0.2, 0) is 0 Å². The molecule has 0 atom stereocenters. The zero-order valence-corrected chi connectivity index (χ0v) is 12.8. The van der Waals surface area contributed by atoms with Gasteiger partial charge in [0.05, 0.1) is 11.2 Å². The van der Waals surface area contributed by atoms with Gasteiger partial charge in [-0.05, 0) is 25.5 Å². The molecule has 2 aromatic heterocycles. The lowest BCUT2D eigenvalue weighted by atomic mass is 10.2. The molecule has 5 nitrogen and oxygen atoms in total. The summed E-state index contributed by atoms with van der Waals surface area (Å²) in [6.07, 6.45) is 2.83. The van der Waals surface area contributed by atoms with E-state index in [2.05, 4.69) is 32.5 Å². The minimum atomic E-state index is 0.651. The summed E-state index contributed by atoms with van der Waals surface area (Å²) in [5.41, 5.74) is 2.80. The molecule has 0 spiro atoms. The molecule has 5 heteroatoms. The van der Waals surface area contributed by atoms with Crippen LogP contribution in [0.4, 0.5) is 17.5 Å². The van der Waals surface area contributed by atoms with Crippen molar-refractivity contribution >= 4 is 28.4 Å². The molecule has 1 aromatic carbocycles. The van der Waals surface area contributed by atoms with E-state index in [0.29, 0.717) is 5.95 Å². The van der Waals surface area contributed by atoms with Crippen LogP contribution < -0.4 is 10.6 Å². The Balaban J connectivity index is 1.93. The number of benzene rings is 1. The molecule has 0 saturated heterocycles. The second kappa shape index (κ2) is 6.39. The lowest BCUT2D eigenvalue weighted by Gasteiger charge is -2.11. The van der Waals surface area contributed by atoms with Crippen LogP contribution in [0.5, 0.6) is 0 Å². The average molecular weight is 293 g/mol. The summed E-state index contributed by atoms with van der Waals surface area (Å²) in [5.74, 6) is 1.42. The summed E-state index contributed by atoms with van der Waals surface area (Å²) in [5, 5.41) is 7.67. The third-order valence-electron chi connectivity index (χ3n) is 3.28. The van der Waals surface area contributed by atoms with Crippen molar-refractivity contribution in [3.05, 3.63) is 48.3 Å². The van der Waals surface area contributed by atoms with Gasteiger partial charge in [0.1, 0.15) is 5.82 Å². The number of hydrogen-bond donors (Lipinski definition) is 2. The van der Waals surface area contributed by atoms with Gasteiger partial charge in [-0.3, -0.25) is 4.98 Å². The predicted octanol–water partition coefficient (Wildman–Crippen LogP) is 3.90. The number of para-hydroxylation sites is 1. The Morgan fingerprint density at radius 3 is 2.82 bits per heavy atom. The van der Waals surface area contributed by atoms with E-state index in [9.17, 15) is 0 Å². The third-order valence-corrected chi connectivity index (χ3v) is 3.28. The lowest BCUT2D eigenvalue weighted by molar-refractivity contribution is 0.947. The van der Waals surface area contributed by atoms with Crippen LogP contribution >= 0.6 is 0 Å². The van der Waals surface area contributed by atoms with Crippen molar-refractivity contribution in [1.82, 2.24) is 15.0 Å². The monoisotopic (exact) mass is 293 g/mol. The highest BCUT2D eigenvalue weighted by atomic mass is 15.1. The molecule has 2 N–H and O–H groups in total. The van der Waals surface area contributed by atoms with E-state index in [-0.39, 0.29) is 0 Å². The van der Waals surface area contributed by atoms with Gasteiger partial charge in [-0.25, -0.2) is 4.98 Å². The van der Waals surface area contributed by atoms with Crippen LogP contribution in [0.2, 0.25) is 0 Å². The Kier molecular flexibility index (Phi) is 4.14. The minimum Gasteiger partial charge on any atom is -0.354 e. The van der Waals surface area contributed by atoms with Crippen molar-refractivity contribution in [2.75, 3.05) is 17.2 Å². The smallest absolute Gasteiger partial charge is 0.224 e. The van der Waals surface area contributed by atoms with E-state index >= 15 is 0 Å². The fraction of sp³-hybridized carbons (Fsp3) is 0.235. The molecular formula is C17H19N5. The second-order valence-corrected chi connectivity index (χ2v) is 5.15. The molecule has 22 heavy (non-hydrogen) atoms. The standard InChI is InChI=1S/C17H19N5/c1-3-9-19-17-20-12(2)11-15(22-17)21-14-8-4-6-13-7-5-10-18-16(13)14/h4-8,10-11H,3,9H2,1-2H3,(H2,19,20,21,22). The van der Waals surface area contributed by atoms with Crippen molar-refractivity contribution in [3.63, 3.8) is 0 Å². The molecule has 0 bridgehead atoms. The van der Waals surface area contributed by atoms with Crippen molar-refractivity contribution < 1.29 is 0 Å². The lowest BCUT2D eigenvalue weighted by Crippen LogP contribution is -2.07. The van der Waals surface area contributed by atoms with Gasteiger partial charge in [0.25, 0.3) is 0 Å². The first-order valence-corrected chi connectivity index (χ1v) is 7.46. The van der Waals surface area contributed by atoms with E-state index in [4.69, 9.17) is 0 Å². The molecule has 0 aliphatic heterocycles. The highest BCUT2D eigenvalue weighted by Gasteiger charge is 2.05. The van der Waals surface area contributed by atoms with Gasteiger partial charge in [0.2, 0.25) is 5.95 Å². The maximum absolute atomic E-state index is 4.51. The number of pyridine rings is 1. The number of anilines is 3. The summed E-state index contributed by atoms with van der Waals surface area (Å²) in [6, 6.07) is 12.0. The van der Waals surface area contributed by atoms with Crippen molar-refractivity contribution in [1.29, 1.82) is 0 Å². The van der Waals surface area contributed by atoms with Gasteiger partial charge in [-0.1, -0.05) is 25.1 Å². The SMILES string of the molecule is CCCNc1nc(C)cc(Nc2cccc3cccnc23)n1. The van der Waals surface area contributed by atoms with Gasteiger partial charge in [-0.2, -0.15) is 4.98 Å². The van der Waals surface area contributed by atoms with Crippen LogP contribution in [0.1, 0.15) is 19.0 Å². The fourth-order valence-corrected chi connectivity index (χ4v) is 2.29. The number of aryl methyl sites for hydroxylation is 1. The zero-order valence-electron chi connectivity index (χ0n) is 12.8. The largest absolute Gasteiger partial charge is 0.354 e. The molecule has 0 saturated carbocycles. The van der Waals surface area contributed by atoms with Crippen LogP contribution in [0.3, 0.4) is 0 Å². The number of hydrogen-bond acceptors (Lipinski definition) is 5. The summed E-state index contributed by atoms with van der Waals surface area (Å²) >= 11 is 0. The third kappa shape index (κ3) is 3.14. The first kappa shape index (κ1) is 14.3. The average Bonchev–Trinajstić information content (AvgIpc) is 2.53. The Labute approximate surface area is 129 Å². The zero-order chi connectivity index (χ0) is 15.4. The van der Waals surface area contributed by atoms with Gasteiger partial charge >= 0.3 is 0 Å². The number of nitrogens with one attached hydrogen (secondary N) is 2. The number of aromatic nitrogens is 3. The molecule has 2 heterocycles. The van der Waals surface area contributed by atoms with E-state index in [1.165, 1.54) is 0 Å². The molecule has 3 rings (SSSR count). The van der Waals surface area contributed by atoms with E-state index in [1.54, 1.807) is 6.20 Å². The summed E-state index contributed by atoms with van der Waals surface area (Å²) in [7, 11) is 0.